The van der Waals surface area contributed by atoms with Crippen molar-refractivity contribution in [3.05, 3.63) is 77.9 Å². The molecule has 0 aromatic heterocycles. The molecule has 0 radical (unpaired) electrons. The summed E-state index contributed by atoms with van der Waals surface area (Å²) in [6.07, 6.45) is 6.54. The van der Waals surface area contributed by atoms with Gasteiger partial charge in [-0.05, 0) is 68.1 Å². The van der Waals surface area contributed by atoms with E-state index in [-0.39, 0.29) is 11.8 Å². The van der Waals surface area contributed by atoms with Crippen LogP contribution in [-0.4, -0.2) is 46.2 Å². The fourth-order valence-corrected chi connectivity index (χ4v) is 4.70. The van der Waals surface area contributed by atoms with Gasteiger partial charge in [-0.1, -0.05) is 54.5 Å². The highest BCUT2D eigenvalue weighted by Gasteiger charge is 2.44. The molecule has 0 aliphatic heterocycles. The Morgan fingerprint density at radius 3 is 2.36 bits per heavy atom. The van der Waals surface area contributed by atoms with Gasteiger partial charge >= 0.3 is 6.09 Å². The molecule has 4 rings (SSSR count). The van der Waals surface area contributed by atoms with Crippen molar-refractivity contribution in [2.45, 2.75) is 57.3 Å². The number of nitrogens with one attached hydrogen (secondary N) is 2. The van der Waals surface area contributed by atoms with Gasteiger partial charge in [0.15, 0.2) is 0 Å². The van der Waals surface area contributed by atoms with Crippen LogP contribution in [0.4, 0.5) is 10.5 Å². The third-order valence-electron chi connectivity index (χ3n) is 6.32. The second-order valence-corrected chi connectivity index (χ2v) is 10.9. The van der Waals surface area contributed by atoms with Crippen LogP contribution >= 0.6 is 12.6 Å². The summed E-state index contributed by atoms with van der Waals surface area (Å²) in [4.78, 5) is 42.1. The smallest absolute Gasteiger partial charge is 0.408 e. The number of anilines is 1. The molecule has 8 heteroatoms. The number of carbonyl (C=O) groups excluding carboxylic acids is 3. The number of nitrogens with zero attached hydrogens (tertiary/aromatic N) is 1. The van der Waals surface area contributed by atoms with Crippen LogP contribution in [0.5, 0.6) is 0 Å². The Morgan fingerprint density at radius 1 is 1.05 bits per heavy atom. The number of ether oxygens (including phenoxy) is 1. The Hall–Kier alpha value is -3.96. The maximum absolute atomic E-state index is 14.0. The number of amides is 3. The Bertz CT molecular complexity index is 1420. The fraction of sp³-hybridized carbons (Fsp3) is 0.323. The summed E-state index contributed by atoms with van der Waals surface area (Å²) in [6.45, 7) is 5.22. The molecule has 1 aliphatic carbocycles. The molecule has 0 spiro atoms. The summed E-state index contributed by atoms with van der Waals surface area (Å²) in [5.41, 5.74) is 0.909. The van der Waals surface area contributed by atoms with Gasteiger partial charge in [0.1, 0.15) is 17.7 Å². The summed E-state index contributed by atoms with van der Waals surface area (Å²) in [5.74, 6) is 1.85. The zero-order valence-corrected chi connectivity index (χ0v) is 23.2. The van der Waals surface area contributed by atoms with Gasteiger partial charge in [0, 0.05) is 23.0 Å². The van der Waals surface area contributed by atoms with Gasteiger partial charge in [-0.15, -0.1) is 6.42 Å². The number of thiol groups is 1. The molecule has 0 heterocycles. The van der Waals surface area contributed by atoms with Gasteiger partial charge in [0.2, 0.25) is 5.91 Å². The number of benzene rings is 3. The van der Waals surface area contributed by atoms with Crippen LogP contribution in [0.15, 0.2) is 66.7 Å². The van der Waals surface area contributed by atoms with Crippen LogP contribution in [-0.2, 0) is 14.3 Å². The Morgan fingerprint density at radius 2 is 1.72 bits per heavy atom. The number of hydrogen-bond acceptors (Lipinski definition) is 5. The van der Waals surface area contributed by atoms with Crippen LogP contribution in [0.25, 0.3) is 10.8 Å². The molecular weight excluding hydrogens is 510 g/mol. The Balaban J connectivity index is 1.70. The van der Waals surface area contributed by atoms with Crippen molar-refractivity contribution in [1.82, 2.24) is 10.2 Å². The first-order valence-corrected chi connectivity index (χ1v) is 13.5. The molecule has 7 nitrogen and oxygen atoms in total. The molecule has 3 aromatic rings. The van der Waals surface area contributed by atoms with E-state index in [9.17, 15) is 14.4 Å². The third-order valence-corrected chi connectivity index (χ3v) is 6.69. The number of fused-ring (bicyclic) bond motifs is 1. The van der Waals surface area contributed by atoms with E-state index in [1.807, 2.05) is 42.5 Å². The Kier molecular flexibility index (Phi) is 8.51. The first-order chi connectivity index (χ1) is 18.6. The van der Waals surface area contributed by atoms with Crippen LogP contribution in [0.1, 0.15) is 50.8 Å². The van der Waals surface area contributed by atoms with Crippen LogP contribution in [0.3, 0.4) is 0 Å². The maximum Gasteiger partial charge on any atom is 0.408 e. The SMILES string of the molecule is C#Cc1ccccc1C(C(=O)Nc1ccc2ccccc2c1)N(C(=O)C(CS)NC(=O)OC(C)(C)C)C1CC1. The molecule has 39 heavy (non-hydrogen) atoms. The molecule has 3 amide bonds. The quantitative estimate of drug-likeness (QED) is 0.265. The van der Waals surface area contributed by atoms with E-state index >= 15 is 0 Å². The van der Waals surface area contributed by atoms with Crippen molar-refractivity contribution < 1.29 is 19.1 Å². The average molecular weight is 544 g/mol. The zero-order chi connectivity index (χ0) is 28.2. The zero-order valence-electron chi connectivity index (χ0n) is 22.3. The second kappa shape index (κ2) is 11.8. The van der Waals surface area contributed by atoms with Gasteiger partial charge in [-0.2, -0.15) is 12.6 Å². The van der Waals surface area contributed by atoms with E-state index in [4.69, 9.17) is 11.2 Å². The lowest BCUT2D eigenvalue weighted by molar-refractivity contribution is -0.141. The molecule has 0 bridgehead atoms. The Labute approximate surface area is 234 Å². The predicted molar refractivity (Wildman–Crippen MR) is 157 cm³/mol. The fourth-order valence-electron chi connectivity index (χ4n) is 4.45. The van der Waals surface area contributed by atoms with Crippen molar-refractivity contribution in [3.8, 4) is 12.3 Å². The van der Waals surface area contributed by atoms with Crippen molar-refractivity contribution >= 4 is 47.0 Å². The summed E-state index contributed by atoms with van der Waals surface area (Å²) >= 11 is 4.33. The number of terminal acetylenes is 1. The predicted octanol–water partition coefficient (Wildman–Crippen LogP) is 5.32. The molecule has 1 saturated carbocycles. The van der Waals surface area contributed by atoms with Crippen molar-refractivity contribution in [1.29, 1.82) is 0 Å². The lowest BCUT2D eigenvalue weighted by Crippen LogP contribution is -2.54. The number of hydrogen-bond donors (Lipinski definition) is 3. The number of carbonyl (C=O) groups is 3. The first-order valence-electron chi connectivity index (χ1n) is 12.9. The second-order valence-electron chi connectivity index (χ2n) is 10.5. The lowest BCUT2D eigenvalue weighted by atomic mass is 9.97. The maximum atomic E-state index is 14.0. The highest BCUT2D eigenvalue weighted by atomic mass is 32.1. The van der Waals surface area contributed by atoms with E-state index in [1.54, 1.807) is 49.9 Å². The first kappa shape index (κ1) is 28.1. The minimum atomic E-state index is -1.02. The van der Waals surface area contributed by atoms with Crippen LogP contribution in [0.2, 0.25) is 0 Å². The summed E-state index contributed by atoms with van der Waals surface area (Å²) in [5, 5.41) is 7.65. The molecule has 0 saturated heterocycles. The van der Waals surface area contributed by atoms with Crippen LogP contribution < -0.4 is 10.6 Å². The summed E-state index contributed by atoms with van der Waals surface area (Å²) < 4.78 is 5.36. The van der Waals surface area contributed by atoms with E-state index in [0.717, 1.165) is 23.6 Å². The lowest BCUT2D eigenvalue weighted by Gasteiger charge is -2.34. The molecule has 3 aromatic carbocycles. The summed E-state index contributed by atoms with van der Waals surface area (Å²) in [7, 11) is 0. The van der Waals surface area contributed by atoms with Crippen LogP contribution in [0, 0.1) is 12.3 Å². The minimum Gasteiger partial charge on any atom is -0.444 e. The van der Waals surface area contributed by atoms with Gasteiger partial charge < -0.3 is 20.3 Å². The van der Waals surface area contributed by atoms with E-state index in [1.165, 1.54) is 0 Å². The summed E-state index contributed by atoms with van der Waals surface area (Å²) in [6, 6.07) is 18.4. The number of alkyl carbamates (subject to hydrolysis) is 1. The third kappa shape index (κ3) is 6.92. The molecule has 1 aliphatic rings. The van der Waals surface area contributed by atoms with E-state index in [2.05, 4.69) is 29.2 Å². The molecule has 2 unspecified atom stereocenters. The molecule has 202 valence electrons. The van der Waals surface area contributed by atoms with E-state index in [0.29, 0.717) is 16.8 Å². The standard InChI is InChI=1S/C31H33N3O4S/c1-5-20-10-8-9-13-25(20)27(28(35)32-23-15-14-21-11-6-7-12-22(21)18-23)34(24-16-17-24)29(36)26(19-39)33-30(37)38-31(2,3)4/h1,6-15,18,24,26-27,39H,16-17,19H2,2-4H3,(H,32,35)(H,33,37). The molecule has 2 N–H and O–H groups in total. The van der Waals surface area contributed by atoms with Crippen molar-refractivity contribution in [2.75, 3.05) is 11.1 Å². The largest absolute Gasteiger partial charge is 0.444 e. The van der Waals surface area contributed by atoms with Crippen molar-refractivity contribution in [3.63, 3.8) is 0 Å². The molecular formula is C31H33N3O4S. The molecule has 1 fully saturated rings. The average Bonchev–Trinajstić information content (AvgIpc) is 3.74. The van der Waals surface area contributed by atoms with Gasteiger partial charge in [-0.25, -0.2) is 4.79 Å². The molecule has 2 atom stereocenters. The highest BCUT2D eigenvalue weighted by Crippen LogP contribution is 2.37. The van der Waals surface area contributed by atoms with Crippen molar-refractivity contribution in [2.24, 2.45) is 0 Å². The topological polar surface area (TPSA) is 87.7 Å². The normalized spacial score (nSPS) is 14.5. The van der Waals surface area contributed by atoms with Gasteiger partial charge in [0.05, 0.1) is 0 Å². The van der Waals surface area contributed by atoms with Gasteiger partial charge in [0.25, 0.3) is 5.91 Å². The monoisotopic (exact) mass is 543 g/mol. The minimum absolute atomic E-state index is 0.0249. The highest BCUT2D eigenvalue weighted by molar-refractivity contribution is 7.80. The van der Waals surface area contributed by atoms with Gasteiger partial charge in [-0.3, -0.25) is 9.59 Å². The number of rotatable bonds is 8. The van der Waals surface area contributed by atoms with E-state index < -0.39 is 35.6 Å².